The maximum Gasteiger partial charge on any atom is 0.259 e. The largest absolute Gasteiger partial charge is 0.361 e. The van der Waals surface area contributed by atoms with Gasteiger partial charge in [0.2, 0.25) is 0 Å². The van der Waals surface area contributed by atoms with Gasteiger partial charge in [0.15, 0.2) is 0 Å². The predicted molar refractivity (Wildman–Crippen MR) is 98.4 cm³/mol. The second-order valence-electron chi connectivity index (χ2n) is 6.32. The summed E-state index contributed by atoms with van der Waals surface area (Å²) in [5, 5.41) is 3.99. The first-order valence-electron chi connectivity index (χ1n) is 8.87. The molecule has 0 spiro atoms. The van der Waals surface area contributed by atoms with Crippen molar-refractivity contribution in [1.29, 1.82) is 0 Å². The molecule has 0 saturated carbocycles. The van der Waals surface area contributed by atoms with Gasteiger partial charge in [-0.3, -0.25) is 9.69 Å². The normalized spacial score (nSPS) is 15.8. The summed E-state index contributed by atoms with van der Waals surface area (Å²) in [5.74, 6) is 0.671. The van der Waals surface area contributed by atoms with Crippen LogP contribution in [0.3, 0.4) is 0 Å². The molecule has 1 aromatic carbocycles. The van der Waals surface area contributed by atoms with Gasteiger partial charge in [0.1, 0.15) is 11.3 Å². The summed E-state index contributed by atoms with van der Waals surface area (Å²) in [7, 11) is 0. The molecule has 1 saturated heterocycles. The van der Waals surface area contributed by atoms with Crippen LogP contribution in [0.15, 0.2) is 40.9 Å². The van der Waals surface area contributed by atoms with Gasteiger partial charge >= 0.3 is 0 Å². The van der Waals surface area contributed by atoms with Gasteiger partial charge in [-0.1, -0.05) is 54.6 Å². The molecular formula is C20H25N3O2. The second-order valence-corrected chi connectivity index (χ2v) is 6.32. The fraction of sp³-hybridized carbons (Fsp3) is 0.400. The zero-order chi connectivity index (χ0) is 17.6. The summed E-state index contributed by atoms with van der Waals surface area (Å²) in [5.41, 5.74) is 2.63. The summed E-state index contributed by atoms with van der Waals surface area (Å²) in [6, 6.07) is 10.3. The fourth-order valence-corrected chi connectivity index (χ4v) is 3.13. The number of hydrogen-bond acceptors (Lipinski definition) is 4. The number of nitrogens with zero attached hydrogens (tertiary/aromatic N) is 3. The molecule has 1 fully saturated rings. The maximum atomic E-state index is 12.8. The Balaban J connectivity index is 1.52. The SMILES string of the molecule is CCc1noc(C)c1C(=O)N1CCN(C/C=C/c2ccccc2)CC1. The molecule has 1 amide bonds. The van der Waals surface area contributed by atoms with Gasteiger partial charge < -0.3 is 9.42 Å². The van der Waals surface area contributed by atoms with Crippen LogP contribution in [0, 0.1) is 6.92 Å². The third-order valence-electron chi connectivity index (χ3n) is 4.62. The number of carbonyl (C=O) groups excluding carboxylic acids is 1. The smallest absolute Gasteiger partial charge is 0.259 e. The Morgan fingerprint density at radius 3 is 2.60 bits per heavy atom. The molecule has 3 rings (SSSR count). The molecule has 0 atom stereocenters. The number of piperazine rings is 1. The molecule has 25 heavy (non-hydrogen) atoms. The molecule has 1 aliphatic rings. The highest BCUT2D eigenvalue weighted by Gasteiger charge is 2.27. The Labute approximate surface area is 148 Å². The quantitative estimate of drug-likeness (QED) is 0.840. The van der Waals surface area contributed by atoms with Crippen molar-refractivity contribution in [3.63, 3.8) is 0 Å². The Kier molecular flexibility index (Phi) is 5.66. The van der Waals surface area contributed by atoms with E-state index in [4.69, 9.17) is 4.52 Å². The first-order chi connectivity index (χ1) is 12.2. The number of carbonyl (C=O) groups is 1. The van der Waals surface area contributed by atoms with E-state index in [1.165, 1.54) is 5.56 Å². The molecule has 1 aliphatic heterocycles. The first kappa shape index (κ1) is 17.4. The van der Waals surface area contributed by atoms with Gasteiger partial charge in [-0.25, -0.2) is 0 Å². The summed E-state index contributed by atoms with van der Waals surface area (Å²) < 4.78 is 5.20. The first-order valence-corrected chi connectivity index (χ1v) is 8.87. The monoisotopic (exact) mass is 339 g/mol. The lowest BCUT2D eigenvalue weighted by Gasteiger charge is -2.34. The van der Waals surface area contributed by atoms with Gasteiger partial charge in [-0.2, -0.15) is 0 Å². The highest BCUT2D eigenvalue weighted by Crippen LogP contribution is 2.17. The van der Waals surface area contributed by atoms with Crippen molar-refractivity contribution >= 4 is 12.0 Å². The lowest BCUT2D eigenvalue weighted by atomic mass is 10.1. The van der Waals surface area contributed by atoms with Crippen LogP contribution in [0.25, 0.3) is 6.08 Å². The highest BCUT2D eigenvalue weighted by molar-refractivity contribution is 5.96. The number of rotatable bonds is 5. The molecule has 0 aliphatic carbocycles. The predicted octanol–water partition coefficient (Wildman–Crippen LogP) is 3.02. The lowest BCUT2D eigenvalue weighted by Crippen LogP contribution is -2.48. The maximum absolute atomic E-state index is 12.8. The topological polar surface area (TPSA) is 49.6 Å². The minimum absolute atomic E-state index is 0.0510. The van der Waals surface area contributed by atoms with Crippen molar-refractivity contribution in [2.75, 3.05) is 32.7 Å². The molecule has 2 heterocycles. The van der Waals surface area contributed by atoms with Crippen molar-refractivity contribution < 1.29 is 9.32 Å². The molecule has 0 N–H and O–H groups in total. The van der Waals surface area contributed by atoms with E-state index < -0.39 is 0 Å². The summed E-state index contributed by atoms with van der Waals surface area (Å²) in [6.07, 6.45) is 5.04. The molecule has 0 bridgehead atoms. The molecule has 2 aromatic rings. The zero-order valence-electron chi connectivity index (χ0n) is 14.9. The van der Waals surface area contributed by atoms with Crippen molar-refractivity contribution in [1.82, 2.24) is 15.0 Å². The fourth-order valence-electron chi connectivity index (χ4n) is 3.13. The van der Waals surface area contributed by atoms with E-state index in [1.54, 1.807) is 0 Å². The summed E-state index contributed by atoms with van der Waals surface area (Å²) in [6.45, 7) is 7.96. The van der Waals surface area contributed by atoms with E-state index in [0.717, 1.165) is 38.4 Å². The Bertz CT molecular complexity index is 729. The van der Waals surface area contributed by atoms with Gasteiger partial charge in [-0.15, -0.1) is 0 Å². The molecule has 1 aromatic heterocycles. The number of aryl methyl sites for hydroxylation is 2. The van der Waals surface area contributed by atoms with Crippen LogP contribution in [-0.2, 0) is 6.42 Å². The van der Waals surface area contributed by atoms with Crippen molar-refractivity contribution in [2.24, 2.45) is 0 Å². The highest BCUT2D eigenvalue weighted by atomic mass is 16.5. The molecule has 5 nitrogen and oxygen atoms in total. The standard InChI is InChI=1S/C20H25N3O2/c1-3-18-19(16(2)25-21-18)20(24)23-14-12-22(13-15-23)11-7-10-17-8-5-4-6-9-17/h4-10H,3,11-15H2,1-2H3/b10-7+. The Hall–Kier alpha value is -2.40. The number of aromatic nitrogens is 1. The molecule has 132 valence electrons. The van der Waals surface area contributed by atoms with Crippen molar-refractivity contribution in [3.05, 3.63) is 59.0 Å². The van der Waals surface area contributed by atoms with Crippen LogP contribution >= 0.6 is 0 Å². The summed E-state index contributed by atoms with van der Waals surface area (Å²) >= 11 is 0. The minimum atomic E-state index is 0.0510. The molecule has 5 heteroatoms. The molecule has 0 radical (unpaired) electrons. The average Bonchev–Trinajstić information content (AvgIpc) is 3.03. The second kappa shape index (κ2) is 8.12. The van der Waals surface area contributed by atoms with E-state index >= 15 is 0 Å². The third-order valence-corrected chi connectivity index (χ3v) is 4.62. The third kappa shape index (κ3) is 4.17. The minimum Gasteiger partial charge on any atom is -0.361 e. The van der Waals surface area contributed by atoms with Crippen LogP contribution in [0.5, 0.6) is 0 Å². The van der Waals surface area contributed by atoms with E-state index in [9.17, 15) is 4.79 Å². The molecular weight excluding hydrogens is 314 g/mol. The van der Waals surface area contributed by atoms with E-state index in [-0.39, 0.29) is 5.91 Å². The van der Waals surface area contributed by atoms with Crippen molar-refractivity contribution in [3.8, 4) is 0 Å². The van der Waals surface area contributed by atoms with Crippen molar-refractivity contribution in [2.45, 2.75) is 20.3 Å². The number of hydrogen-bond donors (Lipinski definition) is 0. The molecule has 0 unspecified atom stereocenters. The Morgan fingerprint density at radius 1 is 1.20 bits per heavy atom. The van der Waals surface area contributed by atoms with Crippen LogP contribution in [-0.4, -0.2) is 53.6 Å². The van der Waals surface area contributed by atoms with E-state index in [1.807, 2.05) is 36.9 Å². The van der Waals surface area contributed by atoms with Gasteiger partial charge in [0, 0.05) is 32.7 Å². The zero-order valence-corrected chi connectivity index (χ0v) is 14.9. The van der Waals surface area contributed by atoms with Gasteiger partial charge in [-0.05, 0) is 18.9 Å². The van der Waals surface area contributed by atoms with Gasteiger partial charge in [0.25, 0.3) is 5.91 Å². The summed E-state index contributed by atoms with van der Waals surface area (Å²) in [4.78, 5) is 17.0. The lowest BCUT2D eigenvalue weighted by molar-refractivity contribution is 0.0647. The van der Waals surface area contributed by atoms with Crippen LogP contribution in [0.2, 0.25) is 0 Å². The van der Waals surface area contributed by atoms with Crippen LogP contribution < -0.4 is 0 Å². The van der Waals surface area contributed by atoms with Crippen LogP contribution in [0.4, 0.5) is 0 Å². The number of amides is 1. The Morgan fingerprint density at radius 2 is 1.92 bits per heavy atom. The van der Waals surface area contributed by atoms with Gasteiger partial charge in [0.05, 0.1) is 5.69 Å². The average molecular weight is 339 g/mol. The van der Waals surface area contributed by atoms with Crippen LogP contribution in [0.1, 0.15) is 34.3 Å². The number of benzene rings is 1. The van der Waals surface area contributed by atoms with E-state index in [2.05, 4.69) is 34.3 Å². The van der Waals surface area contributed by atoms with E-state index in [0.29, 0.717) is 17.7 Å².